The summed E-state index contributed by atoms with van der Waals surface area (Å²) in [6.07, 6.45) is 1.56. The molecule has 9 heteroatoms. The quantitative estimate of drug-likeness (QED) is 0.375. The third-order valence-corrected chi connectivity index (χ3v) is 3.49. The first kappa shape index (κ1) is 16.7. The highest BCUT2D eigenvalue weighted by Gasteiger charge is 2.13. The van der Waals surface area contributed by atoms with Gasteiger partial charge in [0.15, 0.2) is 16.6 Å². The molecule has 1 aliphatic rings. The van der Waals surface area contributed by atoms with Crippen molar-refractivity contribution in [1.82, 2.24) is 5.43 Å². The predicted molar refractivity (Wildman–Crippen MR) is 97.5 cm³/mol. The highest BCUT2D eigenvalue weighted by molar-refractivity contribution is 7.80. The summed E-state index contributed by atoms with van der Waals surface area (Å²) in [6, 6.07) is 11.7. The van der Waals surface area contributed by atoms with Crippen LogP contribution in [-0.2, 0) is 0 Å². The number of nitro groups is 1. The predicted octanol–water partition coefficient (Wildman–Crippen LogP) is 2.69. The molecule has 0 radical (unpaired) electrons. The van der Waals surface area contributed by atoms with Gasteiger partial charge in [-0.1, -0.05) is 12.1 Å². The molecular weight excluding hydrogens is 344 g/mol. The number of thiocarbonyl (C=S) groups is 1. The van der Waals surface area contributed by atoms with Crippen molar-refractivity contribution in [1.29, 1.82) is 0 Å². The summed E-state index contributed by atoms with van der Waals surface area (Å²) in [4.78, 5) is 10.5. The average Bonchev–Trinajstić information content (AvgIpc) is 2.62. The molecule has 0 atom stereocenters. The Morgan fingerprint density at radius 2 is 1.96 bits per heavy atom. The van der Waals surface area contributed by atoms with E-state index >= 15 is 0 Å². The number of hydrogen-bond donors (Lipinski definition) is 2. The maximum atomic E-state index is 11.0. The third-order valence-electron chi connectivity index (χ3n) is 3.29. The van der Waals surface area contributed by atoms with Crippen LogP contribution in [0.15, 0.2) is 47.6 Å². The van der Waals surface area contributed by atoms with Crippen molar-refractivity contribution < 1.29 is 14.4 Å². The van der Waals surface area contributed by atoms with Crippen LogP contribution in [-0.4, -0.2) is 29.5 Å². The van der Waals surface area contributed by atoms with Gasteiger partial charge in [0.05, 0.1) is 11.1 Å². The molecule has 128 valence electrons. The fraction of sp³-hybridized carbons (Fsp3) is 0.125. The molecule has 8 nitrogen and oxygen atoms in total. The van der Waals surface area contributed by atoms with Crippen LogP contribution in [0, 0.1) is 10.1 Å². The maximum Gasteiger partial charge on any atom is 0.292 e. The molecule has 0 aromatic heterocycles. The van der Waals surface area contributed by atoms with Gasteiger partial charge < -0.3 is 14.8 Å². The lowest BCUT2D eigenvalue weighted by atomic mass is 10.2. The number of nitro benzene ring substituents is 1. The molecule has 2 aromatic rings. The molecule has 25 heavy (non-hydrogen) atoms. The van der Waals surface area contributed by atoms with Crippen molar-refractivity contribution in [2.45, 2.75) is 0 Å². The van der Waals surface area contributed by atoms with Crippen molar-refractivity contribution >= 4 is 34.9 Å². The number of fused-ring (bicyclic) bond motifs is 1. The van der Waals surface area contributed by atoms with E-state index in [2.05, 4.69) is 15.8 Å². The Kier molecular flexibility index (Phi) is 5.05. The SMILES string of the molecule is O=[N+]([O-])c1ccccc1NC(=S)N/N=C\c1ccc2c(c1)OCCO2. The first-order valence-corrected chi connectivity index (χ1v) is 7.77. The van der Waals surface area contributed by atoms with Gasteiger partial charge in [0.25, 0.3) is 5.69 Å². The number of anilines is 1. The van der Waals surface area contributed by atoms with E-state index in [1.54, 1.807) is 36.5 Å². The highest BCUT2D eigenvalue weighted by atomic mass is 32.1. The van der Waals surface area contributed by atoms with E-state index in [0.29, 0.717) is 30.4 Å². The van der Waals surface area contributed by atoms with Gasteiger partial charge in [0, 0.05) is 6.07 Å². The van der Waals surface area contributed by atoms with Gasteiger partial charge in [0.2, 0.25) is 0 Å². The second-order valence-corrected chi connectivity index (χ2v) is 5.41. The van der Waals surface area contributed by atoms with Gasteiger partial charge >= 0.3 is 0 Å². The maximum absolute atomic E-state index is 11.0. The molecule has 2 N–H and O–H groups in total. The fourth-order valence-corrected chi connectivity index (χ4v) is 2.36. The van der Waals surface area contributed by atoms with Gasteiger partial charge in [-0.3, -0.25) is 15.5 Å². The van der Waals surface area contributed by atoms with E-state index in [4.69, 9.17) is 21.7 Å². The van der Waals surface area contributed by atoms with E-state index in [1.165, 1.54) is 6.07 Å². The molecule has 0 unspecified atom stereocenters. The Bertz CT molecular complexity index is 841. The second kappa shape index (κ2) is 7.58. The molecular formula is C16H14N4O4S. The largest absolute Gasteiger partial charge is 0.486 e. The molecule has 0 amide bonds. The molecule has 1 heterocycles. The number of hydrogen-bond acceptors (Lipinski definition) is 6. The smallest absolute Gasteiger partial charge is 0.292 e. The number of rotatable bonds is 4. The Labute approximate surface area is 148 Å². The fourth-order valence-electron chi connectivity index (χ4n) is 2.19. The van der Waals surface area contributed by atoms with Gasteiger partial charge in [-0.05, 0) is 42.0 Å². The lowest BCUT2D eigenvalue weighted by Gasteiger charge is -2.18. The van der Waals surface area contributed by atoms with Gasteiger partial charge in [-0.2, -0.15) is 5.10 Å². The van der Waals surface area contributed by atoms with Crippen LogP contribution in [0.5, 0.6) is 11.5 Å². The third kappa shape index (κ3) is 4.21. The molecule has 3 rings (SSSR count). The summed E-state index contributed by atoms with van der Waals surface area (Å²) in [5, 5.41) is 17.9. The number of nitrogens with one attached hydrogen (secondary N) is 2. The van der Waals surface area contributed by atoms with Crippen molar-refractivity contribution in [2.24, 2.45) is 5.10 Å². The zero-order valence-corrected chi connectivity index (χ0v) is 13.8. The minimum Gasteiger partial charge on any atom is -0.486 e. The number of benzene rings is 2. The van der Waals surface area contributed by atoms with E-state index in [-0.39, 0.29) is 10.8 Å². The van der Waals surface area contributed by atoms with Crippen molar-refractivity contribution in [3.05, 3.63) is 58.1 Å². The Morgan fingerprint density at radius 1 is 1.20 bits per heavy atom. The highest BCUT2D eigenvalue weighted by Crippen LogP contribution is 2.30. The van der Waals surface area contributed by atoms with Crippen LogP contribution < -0.4 is 20.2 Å². The normalized spacial score (nSPS) is 12.6. The first-order valence-electron chi connectivity index (χ1n) is 7.36. The molecule has 0 spiro atoms. The average molecular weight is 358 g/mol. The Balaban J connectivity index is 1.61. The van der Waals surface area contributed by atoms with Gasteiger partial charge in [-0.25, -0.2) is 0 Å². The molecule has 2 aromatic carbocycles. The topological polar surface area (TPSA) is 98.0 Å². The molecule has 0 bridgehead atoms. The standard InChI is InChI=1S/C16H14N4O4S/c21-20(22)13-4-2-1-3-12(13)18-16(25)19-17-10-11-5-6-14-15(9-11)24-8-7-23-14/h1-6,9-10H,7-8H2,(H2,18,19,25)/b17-10-. The number of nitrogens with zero attached hydrogens (tertiary/aromatic N) is 2. The number of para-hydroxylation sites is 2. The summed E-state index contributed by atoms with van der Waals surface area (Å²) in [5.74, 6) is 1.36. The Hall–Kier alpha value is -3.20. The minimum atomic E-state index is -0.483. The molecule has 0 saturated carbocycles. The zero-order valence-electron chi connectivity index (χ0n) is 13.0. The Morgan fingerprint density at radius 3 is 2.76 bits per heavy atom. The van der Waals surface area contributed by atoms with E-state index < -0.39 is 4.92 Å². The molecule has 0 saturated heterocycles. The first-order chi connectivity index (χ1) is 12.1. The van der Waals surface area contributed by atoms with E-state index in [9.17, 15) is 10.1 Å². The molecule has 0 aliphatic carbocycles. The summed E-state index contributed by atoms with van der Waals surface area (Å²) >= 11 is 5.09. The van der Waals surface area contributed by atoms with Gasteiger partial charge in [0.1, 0.15) is 18.9 Å². The van der Waals surface area contributed by atoms with Crippen molar-refractivity contribution in [3.63, 3.8) is 0 Å². The van der Waals surface area contributed by atoms with Crippen molar-refractivity contribution in [2.75, 3.05) is 18.5 Å². The summed E-state index contributed by atoms with van der Waals surface area (Å²) < 4.78 is 10.9. The van der Waals surface area contributed by atoms with Crippen molar-refractivity contribution in [3.8, 4) is 11.5 Å². The van der Waals surface area contributed by atoms with Crippen LogP contribution in [0.4, 0.5) is 11.4 Å². The van der Waals surface area contributed by atoms with Crippen LogP contribution in [0.3, 0.4) is 0 Å². The zero-order chi connectivity index (χ0) is 17.6. The second-order valence-electron chi connectivity index (χ2n) is 5.00. The summed E-state index contributed by atoms with van der Waals surface area (Å²) in [5.41, 5.74) is 3.64. The van der Waals surface area contributed by atoms with Crippen LogP contribution in [0.2, 0.25) is 0 Å². The number of hydrazone groups is 1. The molecule has 0 fully saturated rings. The van der Waals surface area contributed by atoms with Crippen LogP contribution in [0.1, 0.15) is 5.56 Å². The number of ether oxygens (including phenoxy) is 2. The monoisotopic (exact) mass is 358 g/mol. The summed E-state index contributed by atoms with van der Waals surface area (Å²) in [6.45, 7) is 1.04. The van der Waals surface area contributed by atoms with Crippen LogP contribution in [0.25, 0.3) is 0 Å². The lowest BCUT2D eigenvalue weighted by Crippen LogP contribution is -2.24. The molecule has 1 aliphatic heterocycles. The minimum absolute atomic E-state index is 0.0672. The summed E-state index contributed by atoms with van der Waals surface area (Å²) in [7, 11) is 0. The van der Waals surface area contributed by atoms with E-state index in [1.807, 2.05) is 6.07 Å². The van der Waals surface area contributed by atoms with Gasteiger partial charge in [-0.15, -0.1) is 0 Å². The van der Waals surface area contributed by atoms with E-state index in [0.717, 1.165) is 5.56 Å². The lowest BCUT2D eigenvalue weighted by molar-refractivity contribution is -0.383. The van der Waals surface area contributed by atoms with Crippen LogP contribution >= 0.6 is 12.2 Å².